The van der Waals surface area contributed by atoms with Crippen LogP contribution in [0, 0.1) is 0 Å². The maximum atomic E-state index is 11.8. The third-order valence-corrected chi connectivity index (χ3v) is 3.43. The summed E-state index contributed by atoms with van der Waals surface area (Å²) in [6.45, 7) is 1.74. The molecule has 1 aromatic carbocycles. The van der Waals surface area contributed by atoms with Crippen LogP contribution in [0.1, 0.15) is 18.9 Å². The Hall–Kier alpha value is -1.96. The van der Waals surface area contributed by atoms with Crippen molar-refractivity contribution in [3.05, 3.63) is 35.9 Å². The second-order valence-corrected chi connectivity index (χ2v) is 5.00. The lowest BCUT2D eigenvalue weighted by Crippen LogP contribution is -2.61. The molecule has 3 N–H and O–H groups in total. The highest BCUT2D eigenvalue weighted by Gasteiger charge is 2.43. The molecule has 1 saturated heterocycles. The molecule has 0 saturated carbocycles. The van der Waals surface area contributed by atoms with Crippen LogP contribution in [0.5, 0.6) is 0 Å². The number of rotatable bonds is 4. The zero-order valence-electron chi connectivity index (χ0n) is 12.1. The molecule has 0 aliphatic carbocycles. The van der Waals surface area contributed by atoms with Gasteiger partial charge in [-0.05, 0) is 12.0 Å². The van der Waals surface area contributed by atoms with Gasteiger partial charge in [0.15, 0.2) is 12.1 Å². The fourth-order valence-corrected chi connectivity index (χ4v) is 2.19. The van der Waals surface area contributed by atoms with E-state index < -0.39 is 36.4 Å². The maximum absolute atomic E-state index is 11.8. The summed E-state index contributed by atoms with van der Waals surface area (Å²) in [6.07, 6.45) is -4.39. The van der Waals surface area contributed by atoms with Gasteiger partial charge in [0, 0.05) is 0 Å². The van der Waals surface area contributed by atoms with E-state index in [-0.39, 0.29) is 6.61 Å². The number of ether oxygens (including phenoxy) is 2. The van der Waals surface area contributed by atoms with Crippen molar-refractivity contribution in [3.63, 3.8) is 0 Å². The van der Waals surface area contributed by atoms with Crippen LogP contribution in [0.15, 0.2) is 30.3 Å². The van der Waals surface area contributed by atoms with Gasteiger partial charge in [-0.1, -0.05) is 37.3 Å². The molecule has 120 valence electrons. The highest BCUT2D eigenvalue weighted by molar-refractivity contribution is 5.89. The Morgan fingerprint density at radius 3 is 2.64 bits per heavy atom. The zero-order chi connectivity index (χ0) is 16.1. The van der Waals surface area contributed by atoms with E-state index in [0.717, 1.165) is 5.56 Å². The van der Waals surface area contributed by atoms with Crippen molar-refractivity contribution >= 4 is 11.9 Å². The van der Waals surface area contributed by atoms with Gasteiger partial charge in [0.25, 0.3) is 0 Å². The molecule has 0 aromatic heterocycles. The molecule has 0 radical (unpaired) electrons. The van der Waals surface area contributed by atoms with Gasteiger partial charge in [0.2, 0.25) is 0 Å². The van der Waals surface area contributed by atoms with Gasteiger partial charge in [-0.3, -0.25) is 4.79 Å². The molecule has 22 heavy (non-hydrogen) atoms. The number of aliphatic hydroxyl groups excluding tert-OH is 2. The van der Waals surface area contributed by atoms with Crippen LogP contribution >= 0.6 is 0 Å². The SMILES string of the molecule is CCC1OC(O)C(NC(=O)OCc2ccccc2)C(O)C1=O. The van der Waals surface area contributed by atoms with Crippen LogP contribution in [0.3, 0.4) is 0 Å². The molecular weight excluding hydrogens is 290 g/mol. The fraction of sp³-hybridized carbons (Fsp3) is 0.467. The molecule has 4 unspecified atom stereocenters. The highest BCUT2D eigenvalue weighted by atomic mass is 16.6. The van der Waals surface area contributed by atoms with Crippen LogP contribution in [0.2, 0.25) is 0 Å². The van der Waals surface area contributed by atoms with E-state index in [0.29, 0.717) is 6.42 Å². The normalized spacial score (nSPS) is 28.2. The molecule has 1 aliphatic heterocycles. The second kappa shape index (κ2) is 7.35. The van der Waals surface area contributed by atoms with Crippen molar-refractivity contribution < 1.29 is 29.3 Å². The molecule has 1 heterocycles. The first kappa shape index (κ1) is 16.4. The van der Waals surface area contributed by atoms with Crippen molar-refractivity contribution in [2.24, 2.45) is 0 Å². The zero-order valence-corrected chi connectivity index (χ0v) is 12.1. The number of amides is 1. The third-order valence-electron chi connectivity index (χ3n) is 3.43. The van der Waals surface area contributed by atoms with Gasteiger partial charge in [-0.2, -0.15) is 0 Å². The first-order valence-corrected chi connectivity index (χ1v) is 7.05. The third kappa shape index (κ3) is 3.82. The van der Waals surface area contributed by atoms with E-state index in [4.69, 9.17) is 9.47 Å². The van der Waals surface area contributed by atoms with Gasteiger partial charge >= 0.3 is 6.09 Å². The molecule has 2 rings (SSSR count). The number of carbonyl (C=O) groups is 2. The van der Waals surface area contributed by atoms with Crippen LogP contribution in [0.25, 0.3) is 0 Å². The van der Waals surface area contributed by atoms with E-state index in [2.05, 4.69) is 5.32 Å². The van der Waals surface area contributed by atoms with Gasteiger partial charge in [0.05, 0.1) is 0 Å². The molecule has 0 bridgehead atoms. The summed E-state index contributed by atoms with van der Waals surface area (Å²) in [5, 5.41) is 21.9. The minimum atomic E-state index is -1.53. The number of nitrogens with one attached hydrogen (secondary N) is 1. The van der Waals surface area contributed by atoms with Crippen LogP contribution in [-0.2, 0) is 20.9 Å². The lowest BCUT2D eigenvalue weighted by molar-refractivity contribution is -0.204. The van der Waals surface area contributed by atoms with Crippen molar-refractivity contribution in [1.82, 2.24) is 5.32 Å². The number of alkyl carbamates (subject to hydrolysis) is 1. The van der Waals surface area contributed by atoms with Crippen LogP contribution in [-0.4, -0.2) is 46.6 Å². The number of aliphatic hydroxyl groups is 2. The minimum absolute atomic E-state index is 0.0397. The summed E-state index contributed by atoms with van der Waals surface area (Å²) in [7, 11) is 0. The van der Waals surface area contributed by atoms with E-state index in [1.807, 2.05) is 18.2 Å². The quantitative estimate of drug-likeness (QED) is 0.740. The summed E-state index contributed by atoms with van der Waals surface area (Å²) in [5.41, 5.74) is 0.792. The number of carbonyl (C=O) groups excluding carboxylic acids is 2. The van der Waals surface area contributed by atoms with Crippen LogP contribution < -0.4 is 5.32 Å². The lowest BCUT2D eigenvalue weighted by Gasteiger charge is -2.35. The Morgan fingerprint density at radius 1 is 1.32 bits per heavy atom. The summed E-state index contributed by atoms with van der Waals surface area (Å²) in [4.78, 5) is 23.5. The Labute approximate surface area is 127 Å². The van der Waals surface area contributed by atoms with E-state index >= 15 is 0 Å². The molecule has 1 aliphatic rings. The standard InChI is InChI=1S/C15H19NO6/c1-2-10-12(17)13(18)11(14(19)22-10)16-15(20)21-8-9-6-4-3-5-7-9/h3-7,10-11,13-14,18-19H,2,8H2,1H3,(H,16,20). The maximum Gasteiger partial charge on any atom is 0.407 e. The molecule has 1 fully saturated rings. The van der Waals surface area contributed by atoms with Crippen LogP contribution in [0.4, 0.5) is 4.79 Å². The Kier molecular flexibility index (Phi) is 5.48. The Bertz CT molecular complexity index is 520. The van der Waals surface area contributed by atoms with Crippen molar-refractivity contribution in [2.75, 3.05) is 0 Å². The predicted molar refractivity (Wildman–Crippen MR) is 75.7 cm³/mol. The van der Waals surface area contributed by atoms with Crippen molar-refractivity contribution in [2.45, 2.75) is 44.5 Å². The number of ketones is 1. The van der Waals surface area contributed by atoms with Gasteiger partial charge < -0.3 is 25.0 Å². The summed E-state index contributed by atoms with van der Waals surface area (Å²) < 4.78 is 10.0. The van der Waals surface area contributed by atoms with Gasteiger partial charge in [-0.15, -0.1) is 0 Å². The first-order valence-electron chi connectivity index (χ1n) is 7.05. The lowest BCUT2D eigenvalue weighted by atomic mass is 9.97. The number of hydrogen-bond acceptors (Lipinski definition) is 6. The van der Waals surface area contributed by atoms with E-state index in [9.17, 15) is 19.8 Å². The largest absolute Gasteiger partial charge is 0.445 e. The summed E-state index contributed by atoms with van der Waals surface area (Å²) >= 11 is 0. The fourth-order valence-electron chi connectivity index (χ4n) is 2.19. The summed E-state index contributed by atoms with van der Waals surface area (Å²) in [6, 6.07) is 7.78. The predicted octanol–water partition coefficient (Wildman–Crippen LogP) is 0.339. The van der Waals surface area contributed by atoms with E-state index in [1.165, 1.54) is 0 Å². The second-order valence-electron chi connectivity index (χ2n) is 5.00. The topological polar surface area (TPSA) is 105 Å². The first-order chi connectivity index (χ1) is 10.5. The molecule has 1 amide bonds. The number of hydrogen-bond donors (Lipinski definition) is 3. The van der Waals surface area contributed by atoms with Gasteiger partial charge in [-0.25, -0.2) is 4.79 Å². The smallest absolute Gasteiger partial charge is 0.407 e. The minimum Gasteiger partial charge on any atom is -0.445 e. The van der Waals surface area contributed by atoms with Gasteiger partial charge in [0.1, 0.15) is 24.9 Å². The molecule has 0 spiro atoms. The Morgan fingerprint density at radius 2 is 2.00 bits per heavy atom. The highest BCUT2D eigenvalue weighted by Crippen LogP contribution is 2.18. The molecule has 7 nitrogen and oxygen atoms in total. The number of Topliss-reactive ketones (excluding diaryl/α,β-unsaturated/α-hetero) is 1. The average Bonchev–Trinajstić information content (AvgIpc) is 2.54. The van der Waals surface area contributed by atoms with Crippen molar-refractivity contribution in [3.8, 4) is 0 Å². The monoisotopic (exact) mass is 309 g/mol. The molecule has 4 atom stereocenters. The van der Waals surface area contributed by atoms with Crippen molar-refractivity contribution in [1.29, 1.82) is 0 Å². The summed E-state index contributed by atoms with van der Waals surface area (Å²) in [5.74, 6) is -0.568. The Balaban J connectivity index is 1.89. The van der Waals surface area contributed by atoms with E-state index in [1.54, 1.807) is 19.1 Å². The average molecular weight is 309 g/mol. The molecule has 7 heteroatoms. The molecule has 1 aromatic rings. The molecular formula is C15H19NO6. The number of benzene rings is 1.